The van der Waals surface area contributed by atoms with E-state index in [0.29, 0.717) is 11.6 Å². The van der Waals surface area contributed by atoms with E-state index in [1.807, 2.05) is 38.1 Å². The van der Waals surface area contributed by atoms with Crippen molar-refractivity contribution in [3.05, 3.63) is 93.4 Å². The molecule has 1 N–H and O–H groups in total. The minimum atomic E-state index is -0.431. The molecule has 2 aromatic rings. The molecule has 0 aliphatic heterocycles. The quantitative estimate of drug-likeness (QED) is 0.794. The molecule has 0 fully saturated rings. The number of hydrogen-bond acceptors (Lipinski definition) is 2. The molecule has 2 rings (SSSR count). The van der Waals surface area contributed by atoms with E-state index in [4.69, 9.17) is 11.6 Å². The lowest BCUT2D eigenvalue weighted by Gasteiger charge is -2.10. The topological polar surface area (TPSA) is 42.2 Å². The van der Waals surface area contributed by atoms with Crippen LogP contribution in [0, 0.1) is 0 Å². The summed E-state index contributed by atoms with van der Waals surface area (Å²) in [5, 5.41) is 10.6. The smallest absolute Gasteiger partial charge is 0.292 e. The maximum atomic E-state index is 12.2. The molecule has 1 heterocycles. The Balaban J connectivity index is 2.46. The van der Waals surface area contributed by atoms with Crippen molar-refractivity contribution in [2.45, 2.75) is 20.4 Å². The van der Waals surface area contributed by atoms with Gasteiger partial charge in [-0.2, -0.15) is 0 Å². The molecule has 3 nitrogen and oxygen atoms in total. The molecule has 1 aromatic carbocycles. The zero-order valence-corrected chi connectivity index (χ0v) is 14.5. The van der Waals surface area contributed by atoms with Gasteiger partial charge >= 0.3 is 0 Å². The minimum Gasteiger partial charge on any atom is -0.503 e. The third kappa shape index (κ3) is 4.49. The lowest BCUT2D eigenvalue weighted by atomic mass is 10.1. The molecule has 0 saturated heterocycles. The lowest BCUT2D eigenvalue weighted by Crippen LogP contribution is -2.20. The van der Waals surface area contributed by atoms with Crippen LogP contribution < -0.4 is 5.56 Å². The Labute approximate surface area is 146 Å². The van der Waals surface area contributed by atoms with Crippen molar-refractivity contribution in [2.24, 2.45) is 0 Å². The Morgan fingerprint density at radius 2 is 1.92 bits per heavy atom. The summed E-state index contributed by atoms with van der Waals surface area (Å²) in [7, 11) is 0. The van der Waals surface area contributed by atoms with Crippen LogP contribution in [0.3, 0.4) is 0 Å². The second-order valence-electron chi connectivity index (χ2n) is 5.74. The molecule has 0 aliphatic carbocycles. The standard InChI is InChI=1S/C20H20ClNO2/c1-4-16(8-5-14(2)3)17-11-19(23)20(24)22(13-17)12-15-6-9-18(21)10-7-15/h4-11,13,23H,1,12H2,2-3H3/b16-8+. The van der Waals surface area contributed by atoms with Crippen LogP contribution in [0.4, 0.5) is 0 Å². The summed E-state index contributed by atoms with van der Waals surface area (Å²) >= 11 is 5.88. The summed E-state index contributed by atoms with van der Waals surface area (Å²) in [4.78, 5) is 12.2. The maximum Gasteiger partial charge on any atom is 0.292 e. The van der Waals surface area contributed by atoms with Crippen molar-refractivity contribution < 1.29 is 5.11 Å². The van der Waals surface area contributed by atoms with Gasteiger partial charge in [-0.1, -0.05) is 54.1 Å². The second kappa shape index (κ2) is 7.84. The van der Waals surface area contributed by atoms with Gasteiger partial charge in [0, 0.05) is 16.8 Å². The van der Waals surface area contributed by atoms with E-state index in [2.05, 4.69) is 6.58 Å². The molecular formula is C20H20ClNO2. The van der Waals surface area contributed by atoms with Crippen molar-refractivity contribution >= 4 is 17.2 Å². The largest absolute Gasteiger partial charge is 0.503 e. The normalized spacial score (nSPS) is 11.2. The van der Waals surface area contributed by atoms with Crippen molar-refractivity contribution in [3.8, 4) is 5.75 Å². The molecule has 24 heavy (non-hydrogen) atoms. The predicted octanol–water partition coefficient (Wildman–Crippen LogP) is 4.79. The van der Waals surface area contributed by atoms with Gasteiger partial charge in [0.05, 0.1) is 6.54 Å². The molecular weight excluding hydrogens is 322 g/mol. The average Bonchev–Trinajstić information content (AvgIpc) is 2.54. The van der Waals surface area contributed by atoms with Crippen molar-refractivity contribution in [1.29, 1.82) is 0 Å². The molecule has 0 unspecified atom stereocenters. The fourth-order valence-electron chi connectivity index (χ4n) is 2.22. The van der Waals surface area contributed by atoms with Crippen LogP contribution in [0.5, 0.6) is 5.75 Å². The molecule has 4 heteroatoms. The number of allylic oxidation sites excluding steroid dienone is 5. The minimum absolute atomic E-state index is 0.286. The number of hydrogen-bond donors (Lipinski definition) is 1. The van der Waals surface area contributed by atoms with Gasteiger partial charge in [-0.3, -0.25) is 4.79 Å². The first-order valence-electron chi connectivity index (χ1n) is 7.56. The summed E-state index contributed by atoms with van der Waals surface area (Å²) in [6.45, 7) is 8.15. The highest BCUT2D eigenvalue weighted by molar-refractivity contribution is 6.30. The maximum absolute atomic E-state index is 12.2. The molecule has 0 spiro atoms. The van der Waals surface area contributed by atoms with Gasteiger partial charge in [-0.25, -0.2) is 0 Å². The third-order valence-electron chi connectivity index (χ3n) is 3.48. The van der Waals surface area contributed by atoms with Crippen molar-refractivity contribution in [1.82, 2.24) is 4.57 Å². The Morgan fingerprint density at radius 3 is 2.50 bits per heavy atom. The van der Waals surface area contributed by atoms with Gasteiger partial charge in [0.15, 0.2) is 5.75 Å². The first-order chi connectivity index (χ1) is 11.4. The number of aromatic nitrogens is 1. The van der Waals surface area contributed by atoms with E-state index < -0.39 is 5.56 Å². The van der Waals surface area contributed by atoms with Crippen LogP contribution >= 0.6 is 11.6 Å². The highest BCUT2D eigenvalue weighted by Gasteiger charge is 2.08. The zero-order valence-electron chi connectivity index (χ0n) is 13.8. The molecule has 0 saturated carbocycles. The molecule has 0 atom stereocenters. The van der Waals surface area contributed by atoms with E-state index in [1.165, 1.54) is 10.6 Å². The molecule has 1 aromatic heterocycles. The van der Waals surface area contributed by atoms with Gasteiger partial charge in [-0.05, 0) is 43.2 Å². The number of pyridine rings is 1. The van der Waals surface area contributed by atoms with Crippen molar-refractivity contribution in [2.75, 3.05) is 0 Å². The number of halogens is 1. The van der Waals surface area contributed by atoms with Gasteiger partial charge in [-0.15, -0.1) is 0 Å². The first-order valence-corrected chi connectivity index (χ1v) is 7.94. The summed E-state index contributed by atoms with van der Waals surface area (Å²) < 4.78 is 1.48. The van der Waals surface area contributed by atoms with Gasteiger partial charge in [0.1, 0.15) is 0 Å². The summed E-state index contributed by atoms with van der Waals surface area (Å²) in [6.07, 6.45) is 7.30. The summed E-state index contributed by atoms with van der Waals surface area (Å²) in [5.74, 6) is -0.286. The SMILES string of the molecule is C=C/C(=C\C=C(C)C)c1cc(O)c(=O)n(Cc2ccc(Cl)cc2)c1. The van der Waals surface area contributed by atoms with Gasteiger partial charge in [0.2, 0.25) is 0 Å². The monoisotopic (exact) mass is 341 g/mol. The molecule has 0 bridgehead atoms. The Bertz CT molecular complexity index is 854. The number of aromatic hydroxyl groups is 1. The number of rotatable bonds is 5. The Morgan fingerprint density at radius 1 is 1.25 bits per heavy atom. The average molecular weight is 342 g/mol. The second-order valence-corrected chi connectivity index (χ2v) is 6.18. The van der Waals surface area contributed by atoms with Crippen LogP contribution in [0.1, 0.15) is 25.0 Å². The summed E-state index contributed by atoms with van der Waals surface area (Å²) in [5.41, 5.74) is 3.20. The van der Waals surface area contributed by atoms with Crippen LogP contribution in [-0.4, -0.2) is 9.67 Å². The van der Waals surface area contributed by atoms with E-state index >= 15 is 0 Å². The predicted molar refractivity (Wildman–Crippen MR) is 101 cm³/mol. The zero-order chi connectivity index (χ0) is 17.7. The number of benzene rings is 1. The molecule has 124 valence electrons. The van der Waals surface area contributed by atoms with Crippen molar-refractivity contribution in [3.63, 3.8) is 0 Å². The number of nitrogens with zero attached hydrogens (tertiary/aromatic N) is 1. The molecule has 0 radical (unpaired) electrons. The Hall–Kier alpha value is -2.52. The Kier molecular flexibility index (Phi) is 5.83. The fraction of sp³-hybridized carbons (Fsp3) is 0.150. The van der Waals surface area contributed by atoms with Crippen LogP contribution in [0.15, 0.2) is 71.7 Å². The van der Waals surface area contributed by atoms with Crippen LogP contribution in [0.25, 0.3) is 5.57 Å². The van der Waals surface area contributed by atoms with E-state index in [9.17, 15) is 9.90 Å². The summed E-state index contributed by atoms with van der Waals surface area (Å²) in [6, 6.07) is 8.72. The van der Waals surface area contributed by atoms with E-state index in [-0.39, 0.29) is 5.75 Å². The van der Waals surface area contributed by atoms with E-state index in [1.54, 1.807) is 24.4 Å². The van der Waals surface area contributed by atoms with Crippen LogP contribution in [0.2, 0.25) is 5.02 Å². The highest BCUT2D eigenvalue weighted by Crippen LogP contribution is 2.19. The van der Waals surface area contributed by atoms with Gasteiger partial charge in [0.25, 0.3) is 5.56 Å². The molecule has 0 amide bonds. The van der Waals surface area contributed by atoms with Crippen LogP contribution in [-0.2, 0) is 6.54 Å². The molecule has 0 aliphatic rings. The highest BCUT2D eigenvalue weighted by atomic mass is 35.5. The lowest BCUT2D eigenvalue weighted by molar-refractivity contribution is 0.459. The fourth-order valence-corrected chi connectivity index (χ4v) is 2.35. The third-order valence-corrected chi connectivity index (χ3v) is 3.73. The van der Waals surface area contributed by atoms with Gasteiger partial charge < -0.3 is 9.67 Å². The van der Waals surface area contributed by atoms with E-state index in [0.717, 1.165) is 22.3 Å². The first kappa shape index (κ1) is 17.8.